The van der Waals surface area contributed by atoms with Gasteiger partial charge in [0.15, 0.2) is 0 Å². The molecule has 0 aromatic rings. The Morgan fingerprint density at radius 3 is 1.77 bits per heavy atom. The highest BCUT2D eigenvalue weighted by Crippen LogP contribution is 2.20. The SMILES string of the molecule is C#C.CC.CC.CC.O=C(OC1CCCCC1)N1CCNCC1.O=CO. The van der Waals surface area contributed by atoms with Crippen LogP contribution in [-0.4, -0.2) is 54.9 Å². The third-order valence-electron chi connectivity index (χ3n) is 3.19. The Labute approximate surface area is 161 Å². The molecule has 1 aliphatic carbocycles. The zero-order chi connectivity index (χ0) is 21.2. The number of hydrogen-bond acceptors (Lipinski definition) is 4. The largest absolute Gasteiger partial charge is 0.483 e. The van der Waals surface area contributed by atoms with E-state index in [4.69, 9.17) is 14.6 Å². The van der Waals surface area contributed by atoms with Crippen molar-refractivity contribution < 1.29 is 19.4 Å². The molecule has 6 nitrogen and oxygen atoms in total. The van der Waals surface area contributed by atoms with Gasteiger partial charge in [-0.15, -0.1) is 12.8 Å². The third kappa shape index (κ3) is 20.3. The third-order valence-corrected chi connectivity index (χ3v) is 3.19. The molecule has 0 spiro atoms. The monoisotopic (exact) mass is 374 g/mol. The van der Waals surface area contributed by atoms with E-state index in [9.17, 15) is 4.79 Å². The number of piperazine rings is 1. The van der Waals surface area contributed by atoms with Crippen molar-refractivity contribution in [3.63, 3.8) is 0 Å². The Hall–Kier alpha value is -1.74. The van der Waals surface area contributed by atoms with Gasteiger partial charge in [-0.1, -0.05) is 48.0 Å². The predicted molar refractivity (Wildman–Crippen MR) is 110 cm³/mol. The van der Waals surface area contributed by atoms with Crippen molar-refractivity contribution in [1.29, 1.82) is 0 Å². The molecule has 1 aliphatic heterocycles. The number of ether oxygens (including phenoxy) is 1. The van der Waals surface area contributed by atoms with Gasteiger partial charge in [0.1, 0.15) is 6.10 Å². The maximum absolute atomic E-state index is 11.7. The molecule has 0 atom stereocenters. The first-order valence-electron chi connectivity index (χ1n) is 9.85. The van der Waals surface area contributed by atoms with Gasteiger partial charge in [0.25, 0.3) is 6.47 Å². The predicted octanol–water partition coefficient (Wildman–Crippen LogP) is 4.39. The van der Waals surface area contributed by atoms with Gasteiger partial charge >= 0.3 is 6.09 Å². The van der Waals surface area contributed by atoms with Crippen molar-refractivity contribution in [3.8, 4) is 12.8 Å². The van der Waals surface area contributed by atoms with Crippen molar-refractivity contribution >= 4 is 12.6 Å². The molecular formula is C20H42N2O4. The second-order valence-corrected chi connectivity index (χ2v) is 4.49. The van der Waals surface area contributed by atoms with Crippen LogP contribution in [0.3, 0.4) is 0 Å². The first-order chi connectivity index (χ1) is 12.8. The molecule has 1 saturated carbocycles. The Bertz CT molecular complexity index is 285. The summed E-state index contributed by atoms with van der Waals surface area (Å²) in [5.41, 5.74) is 0. The van der Waals surface area contributed by atoms with E-state index in [1.165, 1.54) is 19.3 Å². The fraction of sp³-hybridized carbons (Fsp3) is 0.800. The van der Waals surface area contributed by atoms with Crippen LogP contribution in [0.25, 0.3) is 0 Å². The van der Waals surface area contributed by atoms with Crippen LogP contribution in [0, 0.1) is 12.8 Å². The number of terminal acetylenes is 1. The minimum absolute atomic E-state index is 0.108. The van der Waals surface area contributed by atoms with Crippen LogP contribution >= 0.6 is 0 Å². The number of hydrogen-bond donors (Lipinski definition) is 2. The second-order valence-electron chi connectivity index (χ2n) is 4.49. The van der Waals surface area contributed by atoms with E-state index in [0.29, 0.717) is 0 Å². The first-order valence-corrected chi connectivity index (χ1v) is 9.85. The van der Waals surface area contributed by atoms with E-state index >= 15 is 0 Å². The van der Waals surface area contributed by atoms with E-state index in [0.717, 1.165) is 39.0 Å². The Morgan fingerprint density at radius 2 is 1.38 bits per heavy atom. The zero-order valence-electron chi connectivity index (χ0n) is 17.8. The number of amides is 1. The molecule has 0 aromatic heterocycles. The smallest absolute Gasteiger partial charge is 0.410 e. The summed E-state index contributed by atoms with van der Waals surface area (Å²) in [7, 11) is 0. The highest BCUT2D eigenvalue weighted by Gasteiger charge is 2.22. The molecule has 0 unspecified atom stereocenters. The van der Waals surface area contributed by atoms with Crippen LogP contribution in [0.15, 0.2) is 0 Å². The molecule has 2 rings (SSSR count). The number of nitrogens with one attached hydrogen (secondary N) is 1. The van der Waals surface area contributed by atoms with E-state index in [2.05, 4.69) is 18.2 Å². The summed E-state index contributed by atoms with van der Waals surface area (Å²) in [4.78, 5) is 21.9. The molecule has 1 heterocycles. The van der Waals surface area contributed by atoms with E-state index < -0.39 is 0 Å². The summed E-state index contributed by atoms with van der Waals surface area (Å²) in [5.74, 6) is 0. The van der Waals surface area contributed by atoms with Crippen LogP contribution in [-0.2, 0) is 9.53 Å². The molecule has 0 aromatic carbocycles. The fourth-order valence-electron chi connectivity index (χ4n) is 2.25. The molecule has 2 N–H and O–H groups in total. The van der Waals surface area contributed by atoms with Crippen molar-refractivity contribution in [1.82, 2.24) is 10.2 Å². The van der Waals surface area contributed by atoms with E-state index in [-0.39, 0.29) is 18.7 Å². The molecule has 0 radical (unpaired) electrons. The molecule has 2 aliphatic rings. The Morgan fingerprint density at radius 1 is 1.00 bits per heavy atom. The minimum Gasteiger partial charge on any atom is -0.483 e. The molecule has 156 valence electrons. The summed E-state index contributed by atoms with van der Waals surface area (Å²) in [6.45, 7) is 15.1. The van der Waals surface area contributed by atoms with Gasteiger partial charge in [-0.3, -0.25) is 4.79 Å². The highest BCUT2D eigenvalue weighted by molar-refractivity contribution is 5.68. The molecule has 0 bridgehead atoms. The standard InChI is InChI=1S/C11H20N2O2.3C2H6.C2H2.CH2O2/c14-11(13-8-6-12-7-9-13)15-10-4-2-1-3-5-10;4*1-2;2-1-3/h10,12H,1-9H2;3*1-2H3;1-2H;1H,(H,2,3). The molecule has 1 saturated heterocycles. The number of rotatable bonds is 1. The first kappa shape index (κ1) is 32.0. The summed E-state index contributed by atoms with van der Waals surface area (Å²) in [6, 6.07) is 0. The quantitative estimate of drug-likeness (QED) is 0.526. The van der Waals surface area contributed by atoms with Gasteiger partial charge in [0.05, 0.1) is 0 Å². The molecule has 26 heavy (non-hydrogen) atoms. The average molecular weight is 375 g/mol. The van der Waals surface area contributed by atoms with Crippen LogP contribution in [0.2, 0.25) is 0 Å². The maximum Gasteiger partial charge on any atom is 0.410 e. The normalized spacial score (nSPS) is 15.0. The van der Waals surface area contributed by atoms with E-state index in [1.807, 2.05) is 46.4 Å². The van der Waals surface area contributed by atoms with Gasteiger partial charge in [-0.05, 0) is 25.7 Å². The molecular weight excluding hydrogens is 332 g/mol. The molecule has 6 heteroatoms. The zero-order valence-corrected chi connectivity index (χ0v) is 17.8. The summed E-state index contributed by atoms with van der Waals surface area (Å²) >= 11 is 0. The maximum atomic E-state index is 11.7. The summed E-state index contributed by atoms with van der Waals surface area (Å²) in [6.07, 6.45) is 13.9. The molecule has 2 fully saturated rings. The lowest BCUT2D eigenvalue weighted by Gasteiger charge is -2.29. The van der Waals surface area contributed by atoms with Crippen LogP contribution in [0.5, 0.6) is 0 Å². The lowest BCUT2D eigenvalue weighted by molar-refractivity contribution is -0.122. The van der Waals surface area contributed by atoms with Crippen LogP contribution in [0.4, 0.5) is 4.79 Å². The lowest BCUT2D eigenvalue weighted by atomic mass is 9.98. The number of nitrogens with zero attached hydrogens (tertiary/aromatic N) is 1. The average Bonchev–Trinajstić information content (AvgIpc) is 2.76. The van der Waals surface area contributed by atoms with E-state index in [1.54, 1.807) is 0 Å². The van der Waals surface area contributed by atoms with Gasteiger partial charge in [-0.25, -0.2) is 4.79 Å². The number of carboxylic acid groups (broad SMARTS) is 1. The van der Waals surface area contributed by atoms with Gasteiger partial charge < -0.3 is 20.1 Å². The highest BCUT2D eigenvalue weighted by atomic mass is 16.6. The van der Waals surface area contributed by atoms with Crippen molar-refractivity contribution in [3.05, 3.63) is 0 Å². The van der Waals surface area contributed by atoms with Crippen molar-refractivity contribution in [2.75, 3.05) is 26.2 Å². The fourth-order valence-corrected chi connectivity index (χ4v) is 2.25. The lowest BCUT2D eigenvalue weighted by Crippen LogP contribution is -2.47. The summed E-state index contributed by atoms with van der Waals surface area (Å²) < 4.78 is 5.49. The Balaban J connectivity index is -0.000000188. The number of carbonyl (C=O) groups excluding carboxylic acids is 1. The second kappa shape index (κ2) is 31.1. The summed E-state index contributed by atoms with van der Waals surface area (Å²) in [5, 5.41) is 10.1. The Kier molecular flexibility index (Phi) is 38.2. The topological polar surface area (TPSA) is 78.9 Å². The van der Waals surface area contributed by atoms with Crippen molar-refractivity contribution in [2.45, 2.75) is 79.8 Å². The number of carbonyl (C=O) groups is 2. The van der Waals surface area contributed by atoms with Crippen LogP contribution < -0.4 is 5.32 Å². The van der Waals surface area contributed by atoms with Crippen LogP contribution in [0.1, 0.15) is 73.6 Å². The van der Waals surface area contributed by atoms with Gasteiger partial charge in [0.2, 0.25) is 0 Å². The van der Waals surface area contributed by atoms with Gasteiger partial charge in [-0.2, -0.15) is 0 Å². The van der Waals surface area contributed by atoms with Crippen molar-refractivity contribution in [2.24, 2.45) is 0 Å². The molecule has 1 amide bonds. The van der Waals surface area contributed by atoms with Gasteiger partial charge in [0, 0.05) is 26.2 Å². The minimum atomic E-state index is -0.250.